The Labute approximate surface area is 123 Å². The van der Waals surface area contributed by atoms with Gasteiger partial charge >= 0.3 is 0 Å². The SMILES string of the molecule is Brc1ccc(C2=CCCC=C([C@@H]3CCCN3)N2)cc1. The van der Waals surface area contributed by atoms with Gasteiger partial charge in [0.15, 0.2) is 0 Å². The number of benzene rings is 1. The first kappa shape index (κ1) is 12.9. The molecule has 3 rings (SSSR count). The van der Waals surface area contributed by atoms with Crippen LogP contribution in [0.1, 0.15) is 31.2 Å². The van der Waals surface area contributed by atoms with Crippen LogP contribution in [0.25, 0.3) is 5.70 Å². The Morgan fingerprint density at radius 2 is 1.84 bits per heavy atom. The maximum absolute atomic E-state index is 3.64. The molecule has 0 spiro atoms. The molecular weight excluding hydrogens is 300 g/mol. The van der Waals surface area contributed by atoms with E-state index < -0.39 is 0 Å². The molecular formula is C16H19BrN2. The quantitative estimate of drug-likeness (QED) is 0.866. The molecule has 19 heavy (non-hydrogen) atoms. The third-order valence-corrected chi connectivity index (χ3v) is 4.28. The summed E-state index contributed by atoms with van der Waals surface area (Å²) in [6, 6.07) is 9.03. The van der Waals surface area contributed by atoms with Gasteiger partial charge < -0.3 is 10.6 Å². The van der Waals surface area contributed by atoms with E-state index in [9.17, 15) is 0 Å². The monoisotopic (exact) mass is 318 g/mol. The highest BCUT2D eigenvalue weighted by Crippen LogP contribution is 2.23. The number of halogens is 1. The summed E-state index contributed by atoms with van der Waals surface area (Å²) in [5, 5.41) is 7.21. The molecule has 100 valence electrons. The third kappa shape index (κ3) is 3.10. The number of allylic oxidation sites excluding steroid dienone is 2. The molecule has 0 bridgehead atoms. The maximum Gasteiger partial charge on any atom is 0.0470 e. The lowest BCUT2D eigenvalue weighted by atomic mass is 10.1. The highest BCUT2D eigenvalue weighted by Gasteiger charge is 2.20. The zero-order valence-corrected chi connectivity index (χ0v) is 12.5. The number of hydrogen-bond donors (Lipinski definition) is 2. The first-order valence-corrected chi connectivity index (χ1v) is 7.79. The molecule has 0 aromatic heterocycles. The minimum atomic E-state index is 0.511. The van der Waals surface area contributed by atoms with Crippen LogP contribution >= 0.6 is 15.9 Å². The summed E-state index contributed by atoms with van der Waals surface area (Å²) in [4.78, 5) is 0. The highest BCUT2D eigenvalue weighted by atomic mass is 79.9. The average molecular weight is 319 g/mol. The third-order valence-electron chi connectivity index (χ3n) is 3.75. The van der Waals surface area contributed by atoms with Crippen LogP contribution in [0.2, 0.25) is 0 Å². The number of nitrogens with one attached hydrogen (secondary N) is 2. The molecule has 0 amide bonds. The number of hydrogen-bond acceptors (Lipinski definition) is 2. The van der Waals surface area contributed by atoms with E-state index >= 15 is 0 Å². The van der Waals surface area contributed by atoms with Gasteiger partial charge in [0.2, 0.25) is 0 Å². The van der Waals surface area contributed by atoms with Gasteiger partial charge in [-0.1, -0.05) is 40.2 Å². The van der Waals surface area contributed by atoms with E-state index in [1.54, 1.807) is 0 Å². The first-order chi connectivity index (χ1) is 9.33. The van der Waals surface area contributed by atoms with Crippen molar-refractivity contribution in [3.8, 4) is 0 Å². The van der Waals surface area contributed by atoms with E-state index in [2.05, 4.69) is 63.0 Å². The van der Waals surface area contributed by atoms with E-state index in [-0.39, 0.29) is 0 Å². The van der Waals surface area contributed by atoms with Crippen LogP contribution in [0, 0.1) is 0 Å². The summed E-state index contributed by atoms with van der Waals surface area (Å²) < 4.78 is 1.12. The molecule has 1 fully saturated rings. The molecule has 1 saturated heterocycles. The molecule has 0 saturated carbocycles. The molecule has 2 nitrogen and oxygen atoms in total. The predicted octanol–water partition coefficient (Wildman–Crippen LogP) is 3.81. The van der Waals surface area contributed by atoms with Gasteiger partial charge in [-0.3, -0.25) is 0 Å². The topological polar surface area (TPSA) is 24.1 Å². The Morgan fingerprint density at radius 1 is 1.05 bits per heavy atom. The van der Waals surface area contributed by atoms with E-state index in [1.165, 1.54) is 29.8 Å². The first-order valence-electron chi connectivity index (χ1n) is 6.99. The van der Waals surface area contributed by atoms with Crippen LogP contribution in [0.4, 0.5) is 0 Å². The van der Waals surface area contributed by atoms with Crippen LogP contribution in [0.15, 0.2) is 46.6 Å². The van der Waals surface area contributed by atoms with Crippen molar-refractivity contribution in [2.45, 2.75) is 31.7 Å². The summed E-state index contributed by atoms with van der Waals surface area (Å²) in [5.41, 5.74) is 3.85. The fraction of sp³-hybridized carbons (Fsp3) is 0.375. The molecule has 0 unspecified atom stereocenters. The van der Waals surface area contributed by atoms with Crippen LogP contribution in [0.5, 0.6) is 0 Å². The van der Waals surface area contributed by atoms with Gasteiger partial charge in [-0.05, 0) is 49.9 Å². The lowest BCUT2D eigenvalue weighted by molar-refractivity contribution is 0.657. The fourth-order valence-corrected chi connectivity index (χ4v) is 2.99. The molecule has 1 aromatic rings. The molecule has 0 radical (unpaired) electrons. The summed E-state index contributed by atoms with van der Waals surface area (Å²) in [6.45, 7) is 1.14. The Balaban J connectivity index is 1.80. The van der Waals surface area contributed by atoms with E-state index in [0.717, 1.165) is 23.9 Å². The molecule has 2 aliphatic heterocycles. The predicted molar refractivity (Wildman–Crippen MR) is 83.6 cm³/mol. The lowest BCUT2D eigenvalue weighted by Gasteiger charge is -2.19. The zero-order chi connectivity index (χ0) is 13.1. The second kappa shape index (κ2) is 5.93. The van der Waals surface area contributed by atoms with Gasteiger partial charge in [-0.15, -0.1) is 0 Å². The second-order valence-electron chi connectivity index (χ2n) is 5.14. The molecule has 3 heteroatoms. The molecule has 1 atom stereocenters. The maximum atomic E-state index is 3.64. The van der Waals surface area contributed by atoms with Crippen molar-refractivity contribution in [1.82, 2.24) is 10.6 Å². The Bertz CT molecular complexity index is 496. The van der Waals surface area contributed by atoms with Crippen molar-refractivity contribution >= 4 is 21.6 Å². The van der Waals surface area contributed by atoms with Crippen molar-refractivity contribution in [2.24, 2.45) is 0 Å². The normalized spacial score (nSPS) is 23.3. The minimum Gasteiger partial charge on any atom is -0.358 e. The molecule has 2 heterocycles. The summed E-state index contributed by atoms with van der Waals surface area (Å²) in [5.74, 6) is 0. The molecule has 1 aromatic carbocycles. The molecule has 2 N–H and O–H groups in total. The van der Waals surface area contributed by atoms with Gasteiger partial charge in [-0.2, -0.15) is 0 Å². The van der Waals surface area contributed by atoms with Gasteiger partial charge in [0.25, 0.3) is 0 Å². The average Bonchev–Trinajstić information content (AvgIpc) is 2.85. The Morgan fingerprint density at radius 3 is 2.58 bits per heavy atom. The van der Waals surface area contributed by atoms with Gasteiger partial charge in [0.05, 0.1) is 0 Å². The molecule has 2 aliphatic rings. The van der Waals surface area contributed by atoms with Crippen molar-refractivity contribution in [2.75, 3.05) is 6.54 Å². The van der Waals surface area contributed by atoms with Gasteiger partial charge in [-0.25, -0.2) is 0 Å². The minimum absolute atomic E-state index is 0.511. The van der Waals surface area contributed by atoms with Gasteiger partial charge in [0.1, 0.15) is 0 Å². The Kier molecular flexibility index (Phi) is 4.04. The Hall–Kier alpha value is -1.06. The van der Waals surface area contributed by atoms with Crippen molar-refractivity contribution < 1.29 is 0 Å². The van der Waals surface area contributed by atoms with E-state index in [0.29, 0.717) is 6.04 Å². The zero-order valence-electron chi connectivity index (χ0n) is 11.0. The smallest absolute Gasteiger partial charge is 0.0470 e. The number of rotatable bonds is 2. The van der Waals surface area contributed by atoms with Gasteiger partial charge in [0, 0.05) is 21.9 Å². The van der Waals surface area contributed by atoms with Crippen LogP contribution in [-0.4, -0.2) is 12.6 Å². The summed E-state index contributed by atoms with van der Waals surface area (Å²) in [6.07, 6.45) is 9.41. The largest absolute Gasteiger partial charge is 0.358 e. The fourth-order valence-electron chi connectivity index (χ4n) is 2.72. The summed E-state index contributed by atoms with van der Waals surface area (Å²) >= 11 is 3.49. The second-order valence-corrected chi connectivity index (χ2v) is 6.05. The van der Waals surface area contributed by atoms with Crippen molar-refractivity contribution in [1.29, 1.82) is 0 Å². The van der Waals surface area contributed by atoms with Crippen molar-refractivity contribution in [3.05, 3.63) is 52.2 Å². The van der Waals surface area contributed by atoms with Crippen LogP contribution < -0.4 is 10.6 Å². The van der Waals surface area contributed by atoms with Crippen LogP contribution in [-0.2, 0) is 0 Å². The standard InChI is InChI=1S/C16H19BrN2/c17-13-9-7-12(8-10-13)14-4-1-2-5-16(19-14)15-6-3-11-18-15/h4-5,7-10,15,18-19H,1-3,6,11H2/t15-/m0/s1. The highest BCUT2D eigenvalue weighted by molar-refractivity contribution is 9.10. The van der Waals surface area contributed by atoms with Crippen LogP contribution in [0.3, 0.4) is 0 Å². The van der Waals surface area contributed by atoms with E-state index in [1.807, 2.05) is 0 Å². The van der Waals surface area contributed by atoms with E-state index in [4.69, 9.17) is 0 Å². The lowest BCUT2D eigenvalue weighted by Crippen LogP contribution is -2.30. The summed E-state index contributed by atoms with van der Waals surface area (Å²) in [7, 11) is 0. The molecule has 0 aliphatic carbocycles. The van der Waals surface area contributed by atoms with Crippen molar-refractivity contribution in [3.63, 3.8) is 0 Å².